The topological polar surface area (TPSA) is 64.3 Å². The smallest absolute Gasteiger partial charge is 0.251 e. The summed E-state index contributed by atoms with van der Waals surface area (Å²) in [4.78, 5) is 12.0. The summed E-state index contributed by atoms with van der Waals surface area (Å²) in [6, 6.07) is 10.8. The van der Waals surface area contributed by atoms with Crippen molar-refractivity contribution in [3.05, 3.63) is 59.4 Å². The first-order valence-corrected chi connectivity index (χ1v) is 6.05. The number of benzene rings is 2. The Hall–Kier alpha value is -2.56. The first kappa shape index (κ1) is 13.9. The molecule has 0 saturated heterocycles. The van der Waals surface area contributed by atoms with Crippen LogP contribution in [0.1, 0.15) is 15.9 Å². The van der Waals surface area contributed by atoms with Gasteiger partial charge in [-0.25, -0.2) is 4.39 Å². The summed E-state index contributed by atoms with van der Waals surface area (Å²) in [5, 5.41) is 2.70. The molecule has 0 aliphatic heterocycles. The van der Waals surface area contributed by atoms with E-state index in [0.717, 1.165) is 0 Å². The maximum Gasteiger partial charge on any atom is 0.251 e. The van der Waals surface area contributed by atoms with Gasteiger partial charge in [-0.15, -0.1) is 0 Å². The number of anilines is 1. The number of ether oxygens (including phenoxy) is 1. The Morgan fingerprint density at radius 3 is 2.80 bits per heavy atom. The van der Waals surface area contributed by atoms with E-state index < -0.39 is 0 Å². The van der Waals surface area contributed by atoms with Crippen LogP contribution in [0.25, 0.3) is 0 Å². The van der Waals surface area contributed by atoms with E-state index in [1.165, 1.54) is 19.2 Å². The van der Waals surface area contributed by atoms with Gasteiger partial charge in [-0.2, -0.15) is 0 Å². The number of nitrogen functional groups attached to an aromatic ring is 1. The number of carbonyl (C=O) groups is 1. The van der Waals surface area contributed by atoms with Gasteiger partial charge in [-0.05, 0) is 29.8 Å². The minimum atomic E-state index is -0.331. The SMILES string of the molecule is COc1cc(N)cc(C(=O)NCc2cccc(F)c2)c1. The molecule has 0 bridgehead atoms. The highest BCUT2D eigenvalue weighted by atomic mass is 19.1. The van der Waals surface area contributed by atoms with Crippen LogP contribution in [-0.2, 0) is 6.54 Å². The monoisotopic (exact) mass is 274 g/mol. The molecule has 3 N–H and O–H groups in total. The highest BCUT2D eigenvalue weighted by molar-refractivity contribution is 5.95. The highest BCUT2D eigenvalue weighted by Gasteiger charge is 2.08. The molecule has 0 fully saturated rings. The van der Waals surface area contributed by atoms with Gasteiger partial charge in [0.2, 0.25) is 0 Å². The minimum absolute atomic E-state index is 0.244. The Kier molecular flexibility index (Phi) is 4.20. The lowest BCUT2D eigenvalue weighted by atomic mass is 10.1. The van der Waals surface area contributed by atoms with Crippen molar-refractivity contribution in [2.45, 2.75) is 6.54 Å². The molecule has 0 aliphatic rings. The third-order valence-electron chi connectivity index (χ3n) is 2.77. The zero-order chi connectivity index (χ0) is 14.5. The van der Waals surface area contributed by atoms with Gasteiger partial charge in [0.25, 0.3) is 5.91 Å². The normalized spacial score (nSPS) is 10.1. The van der Waals surface area contributed by atoms with Crippen molar-refractivity contribution in [1.82, 2.24) is 5.32 Å². The summed E-state index contributed by atoms with van der Waals surface area (Å²) < 4.78 is 18.1. The Labute approximate surface area is 116 Å². The molecule has 2 aromatic carbocycles. The average Bonchev–Trinajstić information content (AvgIpc) is 2.44. The van der Waals surface area contributed by atoms with Crippen molar-refractivity contribution in [3.63, 3.8) is 0 Å². The van der Waals surface area contributed by atoms with E-state index in [2.05, 4.69) is 5.32 Å². The van der Waals surface area contributed by atoms with E-state index in [9.17, 15) is 9.18 Å². The first-order valence-electron chi connectivity index (χ1n) is 6.05. The predicted octanol–water partition coefficient (Wildman–Crippen LogP) is 2.35. The molecule has 4 nitrogen and oxygen atoms in total. The van der Waals surface area contributed by atoms with Crippen LogP contribution in [0.3, 0.4) is 0 Å². The van der Waals surface area contributed by atoms with E-state index >= 15 is 0 Å². The van der Waals surface area contributed by atoms with Crippen LogP contribution in [0.2, 0.25) is 0 Å². The Morgan fingerprint density at radius 1 is 1.30 bits per heavy atom. The van der Waals surface area contributed by atoms with Crippen molar-refractivity contribution in [2.24, 2.45) is 0 Å². The second-order valence-corrected chi connectivity index (χ2v) is 4.31. The third kappa shape index (κ3) is 3.47. The van der Waals surface area contributed by atoms with Gasteiger partial charge in [0.1, 0.15) is 11.6 Å². The van der Waals surface area contributed by atoms with Crippen LogP contribution in [0.4, 0.5) is 10.1 Å². The van der Waals surface area contributed by atoms with E-state index in [-0.39, 0.29) is 18.3 Å². The minimum Gasteiger partial charge on any atom is -0.497 e. The van der Waals surface area contributed by atoms with Crippen molar-refractivity contribution in [2.75, 3.05) is 12.8 Å². The number of carbonyl (C=O) groups excluding carboxylic acids is 1. The zero-order valence-electron chi connectivity index (χ0n) is 11.0. The summed E-state index contributed by atoms with van der Waals surface area (Å²) >= 11 is 0. The van der Waals surface area contributed by atoms with Crippen LogP contribution >= 0.6 is 0 Å². The van der Waals surface area contributed by atoms with Crippen LogP contribution in [0.15, 0.2) is 42.5 Å². The van der Waals surface area contributed by atoms with Gasteiger partial charge < -0.3 is 15.8 Å². The van der Waals surface area contributed by atoms with E-state index in [1.807, 2.05) is 0 Å². The largest absolute Gasteiger partial charge is 0.497 e. The van der Waals surface area contributed by atoms with Crippen LogP contribution in [0.5, 0.6) is 5.75 Å². The Bertz CT molecular complexity index is 629. The molecule has 0 aliphatic carbocycles. The maximum absolute atomic E-state index is 13.0. The molecule has 20 heavy (non-hydrogen) atoms. The summed E-state index contributed by atoms with van der Waals surface area (Å²) in [5.74, 6) is -0.108. The molecule has 0 saturated carbocycles. The molecule has 5 heteroatoms. The number of hydrogen-bond donors (Lipinski definition) is 2. The fourth-order valence-corrected chi connectivity index (χ4v) is 1.80. The van der Waals surface area contributed by atoms with Crippen LogP contribution in [-0.4, -0.2) is 13.0 Å². The molecule has 0 aromatic heterocycles. The number of hydrogen-bond acceptors (Lipinski definition) is 3. The lowest BCUT2D eigenvalue weighted by molar-refractivity contribution is 0.0950. The zero-order valence-corrected chi connectivity index (χ0v) is 11.0. The number of nitrogens with one attached hydrogen (secondary N) is 1. The molecule has 0 radical (unpaired) electrons. The number of methoxy groups -OCH3 is 1. The van der Waals surface area contributed by atoms with Gasteiger partial charge in [-0.1, -0.05) is 12.1 Å². The summed E-state index contributed by atoms with van der Waals surface area (Å²) in [6.07, 6.45) is 0. The molecule has 2 rings (SSSR count). The summed E-state index contributed by atoms with van der Waals surface area (Å²) in [7, 11) is 1.50. The molecule has 0 atom stereocenters. The Morgan fingerprint density at radius 2 is 2.10 bits per heavy atom. The maximum atomic E-state index is 13.0. The lowest BCUT2D eigenvalue weighted by Gasteiger charge is -2.08. The van der Waals surface area contributed by atoms with Crippen LogP contribution < -0.4 is 15.8 Å². The molecule has 104 valence electrons. The summed E-state index contributed by atoms with van der Waals surface area (Å²) in [5.41, 5.74) is 7.23. The van der Waals surface area contributed by atoms with Gasteiger partial charge in [0.15, 0.2) is 0 Å². The molecule has 1 amide bonds. The fraction of sp³-hybridized carbons (Fsp3) is 0.133. The lowest BCUT2D eigenvalue weighted by Crippen LogP contribution is -2.23. The molecule has 0 heterocycles. The quantitative estimate of drug-likeness (QED) is 0.841. The summed E-state index contributed by atoms with van der Waals surface area (Å²) in [6.45, 7) is 0.244. The van der Waals surface area contributed by atoms with Gasteiger partial charge >= 0.3 is 0 Å². The Balaban J connectivity index is 2.07. The molecule has 0 unspecified atom stereocenters. The number of nitrogens with two attached hydrogens (primary N) is 1. The van der Waals surface area contributed by atoms with Crippen molar-refractivity contribution < 1.29 is 13.9 Å². The molecule has 2 aromatic rings. The van der Waals surface area contributed by atoms with Crippen molar-refractivity contribution in [1.29, 1.82) is 0 Å². The van der Waals surface area contributed by atoms with Gasteiger partial charge in [0.05, 0.1) is 7.11 Å². The predicted molar refractivity (Wildman–Crippen MR) is 75.0 cm³/mol. The molecular weight excluding hydrogens is 259 g/mol. The second kappa shape index (κ2) is 6.06. The average molecular weight is 274 g/mol. The van der Waals surface area contributed by atoms with Gasteiger partial charge in [-0.3, -0.25) is 4.79 Å². The fourth-order valence-electron chi connectivity index (χ4n) is 1.80. The highest BCUT2D eigenvalue weighted by Crippen LogP contribution is 2.18. The number of rotatable bonds is 4. The standard InChI is InChI=1S/C15H15FN2O2/c1-20-14-7-11(6-13(17)8-14)15(19)18-9-10-3-2-4-12(16)5-10/h2-8H,9,17H2,1H3,(H,18,19). The third-order valence-corrected chi connectivity index (χ3v) is 2.77. The number of amides is 1. The van der Waals surface area contributed by atoms with Crippen LogP contribution in [0, 0.1) is 5.82 Å². The van der Waals surface area contributed by atoms with E-state index in [0.29, 0.717) is 22.6 Å². The second-order valence-electron chi connectivity index (χ2n) is 4.31. The molecular formula is C15H15FN2O2. The van der Waals surface area contributed by atoms with Gasteiger partial charge in [0, 0.05) is 23.9 Å². The number of halogens is 1. The van der Waals surface area contributed by atoms with E-state index in [1.54, 1.807) is 30.3 Å². The van der Waals surface area contributed by atoms with Crippen molar-refractivity contribution >= 4 is 11.6 Å². The first-order chi connectivity index (χ1) is 9.58. The molecule has 0 spiro atoms. The van der Waals surface area contributed by atoms with Crippen molar-refractivity contribution in [3.8, 4) is 5.75 Å². The van der Waals surface area contributed by atoms with E-state index in [4.69, 9.17) is 10.5 Å².